The van der Waals surface area contributed by atoms with Gasteiger partial charge < -0.3 is 10.6 Å². The van der Waals surface area contributed by atoms with Crippen molar-refractivity contribution in [3.05, 3.63) is 29.3 Å². The monoisotopic (exact) mass is 365 g/mol. The minimum atomic E-state index is 0.475. The van der Waals surface area contributed by atoms with Crippen molar-refractivity contribution in [3.63, 3.8) is 0 Å². The zero-order valence-corrected chi connectivity index (χ0v) is 16.2. The fraction of sp³-hybridized carbons (Fsp3) is 0.632. The number of nitrogens with one attached hydrogen (secondary N) is 2. The van der Waals surface area contributed by atoms with E-state index >= 15 is 0 Å². The highest BCUT2D eigenvalue weighted by Crippen LogP contribution is 2.34. The van der Waals surface area contributed by atoms with Crippen molar-refractivity contribution in [1.82, 2.24) is 10.2 Å². The summed E-state index contributed by atoms with van der Waals surface area (Å²) in [7, 11) is 0. The predicted octanol–water partition coefficient (Wildman–Crippen LogP) is 4.67. The molecule has 1 aromatic rings. The van der Waals surface area contributed by atoms with Gasteiger partial charge in [-0.3, -0.25) is 4.90 Å². The Bertz CT molecular complexity index is 563. The molecule has 0 aliphatic carbocycles. The zero-order valence-electron chi connectivity index (χ0n) is 14.6. The Hall–Kier alpha value is -0.840. The quantitative estimate of drug-likeness (QED) is 0.758. The Kier molecular flexibility index (Phi) is 6.01. The van der Waals surface area contributed by atoms with Crippen LogP contribution in [-0.2, 0) is 0 Å². The third-order valence-corrected chi connectivity index (χ3v) is 5.57. The summed E-state index contributed by atoms with van der Waals surface area (Å²) in [6.07, 6.45) is 6.43. The van der Waals surface area contributed by atoms with Gasteiger partial charge in [0.1, 0.15) is 0 Å². The van der Waals surface area contributed by atoms with E-state index in [0.29, 0.717) is 23.2 Å². The Morgan fingerprint density at radius 2 is 2.00 bits per heavy atom. The van der Waals surface area contributed by atoms with Crippen LogP contribution in [0.2, 0.25) is 5.02 Å². The highest BCUT2D eigenvalue weighted by atomic mass is 35.5. The lowest BCUT2D eigenvalue weighted by Crippen LogP contribution is -2.58. The summed E-state index contributed by atoms with van der Waals surface area (Å²) in [5, 5.41) is 8.23. The van der Waals surface area contributed by atoms with E-state index in [9.17, 15) is 0 Å². The summed E-state index contributed by atoms with van der Waals surface area (Å²) < 4.78 is 0. The molecule has 2 bridgehead atoms. The Labute approximate surface area is 156 Å². The number of benzene rings is 1. The third-order valence-electron chi connectivity index (χ3n) is 5.12. The van der Waals surface area contributed by atoms with Gasteiger partial charge in [0, 0.05) is 35.4 Å². The van der Waals surface area contributed by atoms with Gasteiger partial charge in [0.25, 0.3) is 0 Å². The summed E-state index contributed by atoms with van der Waals surface area (Å²) >= 11 is 11.5. The summed E-state index contributed by atoms with van der Waals surface area (Å²) in [5.41, 5.74) is 0.942. The Morgan fingerprint density at radius 3 is 2.62 bits per heavy atom. The lowest BCUT2D eigenvalue weighted by molar-refractivity contribution is 0.0191. The van der Waals surface area contributed by atoms with Crippen LogP contribution in [0.15, 0.2) is 24.3 Å². The van der Waals surface area contributed by atoms with Gasteiger partial charge in [-0.2, -0.15) is 0 Å². The maximum absolute atomic E-state index is 6.03. The molecule has 2 aliphatic heterocycles. The highest BCUT2D eigenvalue weighted by Gasteiger charge is 2.38. The molecule has 3 nitrogen and oxygen atoms in total. The van der Waals surface area contributed by atoms with E-state index in [4.69, 9.17) is 23.8 Å². The molecule has 2 fully saturated rings. The van der Waals surface area contributed by atoms with Crippen LogP contribution in [0.4, 0.5) is 5.69 Å². The average molecular weight is 366 g/mol. The van der Waals surface area contributed by atoms with Gasteiger partial charge in [0.15, 0.2) is 5.11 Å². The van der Waals surface area contributed by atoms with Crippen molar-refractivity contribution in [2.45, 2.75) is 64.1 Å². The number of hydrogen-bond donors (Lipinski definition) is 2. The lowest BCUT2D eigenvalue weighted by Gasteiger charge is -2.49. The summed E-state index contributed by atoms with van der Waals surface area (Å²) in [4.78, 5) is 2.76. The molecule has 0 saturated carbocycles. The largest absolute Gasteiger partial charge is 0.360 e. The van der Waals surface area contributed by atoms with Crippen LogP contribution < -0.4 is 10.6 Å². The van der Waals surface area contributed by atoms with Crippen molar-refractivity contribution in [1.29, 1.82) is 0 Å². The normalized spacial score (nSPS) is 27.1. The Balaban J connectivity index is 1.56. The van der Waals surface area contributed by atoms with Crippen LogP contribution in [-0.4, -0.2) is 34.7 Å². The SMILES string of the molecule is CC(C)CN1C2CCCC1CC(NC(=S)Nc1cccc(Cl)c1)C2. The lowest BCUT2D eigenvalue weighted by atomic mass is 9.81. The number of thiocarbonyl (C=S) groups is 1. The van der Waals surface area contributed by atoms with E-state index in [0.717, 1.165) is 16.6 Å². The number of anilines is 1. The van der Waals surface area contributed by atoms with Crippen LogP contribution in [0.25, 0.3) is 0 Å². The van der Waals surface area contributed by atoms with Crippen LogP contribution in [0.1, 0.15) is 46.0 Å². The minimum absolute atomic E-state index is 0.475. The number of halogens is 1. The van der Waals surface area contributed by atoms with Crippen LogP contribution in [0.3, 0.4) is 0 Å². The molecular formula is C19H28ClN3S. The molecule has 2 N–H and O–H groups in total. The predicted molar refractivity (Wildman–Crippen MR) is 107 cm³/mol. The molecule has 2 aliphatic rings. The van der Waals surface area contributed by atoms with Crippen LogP contribution >= 0.6 is 23.8 Å². The molecule has 0 aromatic heterocycles. The van der Waals surface area contributed by atoms with E-state index in [2.05, 4.69) is 29.4 Å². The van der Waals surface area contributed by atoms with E-state index in [1.54, 1.807) is 0 Å². The molecular weight excluding hydrogens is 338 g/mol. The van der Waals surface area contributed by atoms with Gasteiger partial charge >= 0.3 is 0 Å². The molecule has 2 unspecified atom stereocenters. The minimum Gasteiger partial charge on any atom is -0.360 e. The molecule has 1 aromatic carbocycles. The van der Waals surface area contributed by atoms with Gasteiger partial charge in [-0.15, -0.1) is 0 Å². The second kappa shape index (κ2) is 8.03. The van der Waals surface area contributed by atoms with Crippen molar-refractivity contribution in [2.24, 2.45) is 5.92 Å². The van der Waals surface area contributed by atoms with Crippen molar-refractivity contribution in [3.8, 4) is 0 Å². The number of fused-ring (bicyclic) bond motifs is 2. The third kappa shape index (κ3) is 4.62. The zero-order chi connectivity index (χ0) is 17.1. The molecule has 2 atom stereocenters. The standard InChI is InChI=1S/C19H28ClN3S/c1-13(2)12-23-17-7-4-8-18(23)11-16(10-17)22-19(24)21-15-6-3-5-14(20)9-15/h3,5-6,9,13,16-18H,4,7-8,10-12H2,1-2H3,(H2,21,22,24). The Morgan fingerprint density at radius 1 is 1.29 bits per heavy atom. The van der Waals surface area contributed by atoms with Gasteiger partial charge in [-0.05, 0) is 62.0 Å². The van der Waals surface area contributed by atoms with E-state index in [1.807, 2.05) is 24.3 Å². The molecule has 132 valence electrons. The highest BCUT2D eigenvalue weighted by molar-refractivity contribution is 7.80. The van der Waals surface area contributed by atoms with E-state index in [-0.39, 0.29) is 0 Å². The molecule has 0 radical (unpaired) electrons. The van der Waals surface area contributed by atoms with Crippen LogP contribution in [0.5, 0.6) is 0 Å². The summed E-state index contributed by atoms with van der Waals surface area (Å²) in [6, 6.07) is 9.59. The number of piperidine rings is 2. The van der Waals surface area contributed by atoms with E-state index in [1.165, 1.54) is 38.6 Å². The van der Waals surface area contributed by atoms with Crippen molar-refractivity contribution >= 4 is 34.6 Å². The van der Waals surface area contributed by atoms with Crippen molar-refractivity contribution in [2.75, 3.05) is 11.9 Å². The number of rotatable bonds is 4. The fourth-order valence-electron chi connectivity index (χ4n) is 4.23. The first-order valence-electron chi connectivity index (χ1n) is 9.10. The molecule has 0 spiro atoms. The smallest absolute Gasteiger partial charge is 0.170 e. The number of nitrogens with zero attached hydrogens (tertiary/aromatic N) is 1. The average Bonchev–Trinajstić information content (AvgIpc) is 2.47. The van der Waals surface area contributed by atoms with Gasteiger partial charge in [-0.1, -0.05) is 37.9 Å². The summed E-state index contributed by atoms with van der Waals surface area (Å²) in [6.45, 7) is 5.88. The fourth-order valence-corrected chi connectivity index (χ4v) is 4.71. The van der Waals surface area contributed by atoms with Crippen molar-refractivity contribution < 1.29 is 0 Å². The van der Waals surface area contributed by atoms with Gasteiger partial charge in [0.05, 0.1) is 0 Å². The van der Waals surface area contributed by atoms with Gasteiger partial charge in [-0.25, -0.2) is 0 Å². The molecule has 5 heteroatoms. The molecule has 2 heterocycles. The molecule has 3 rings (SSSR count). The topological polar surface area (TPSA) is 27.3 Å². The van der Waals surface area contributed by atoms with Gasteiger partial charge in [0.2, 0.25) is 0 Å². The second-order valence-electron chi connectivity index (χ2n) is 7.61. The van der Waals surface area contributed by atoms with Crippen LogP contribution in [0, 0.1) is 5.92 Å². The molecule has 2 saturated heterocycles. The molecule has 24 heavy (non-hydrogen) atoms. The summed E-state index contributed by atoms with van der Waals surface area (Å²) in [5.74, 6) is 0.739. The first-order chi connectivity index (χ1) is 11.5. The first kappa shape index (κ1) is 18.0. The number of hydrogen-bond acceptors (Lipinski definition) is 2. The second-order valence-corrected chi connectivity index (χ2v) is 8.45. The van der Waals surface area contributed by atoms with E-state index < -0.39 is 0 Å². The first-order valence-corrected chi connectivity index (χ1v) is 9.88. The maximum atomic E-state index is 6.03. The molecule has 0 amide bonds. The maximum Gasteiger partial charge on any atom is 0.170 e.